The second kappa shape index (κ2) is 8.65. The van der Waals surface area contributed by atoms with Crippen molar-refractivity contribution in [2.75, 3.05) is 29.5 Å². The third-order valence-electron chi connectivity index (χ3n) is 5.00. The van der Waals surface area contributed by atoms with Crippen molar-refractivity contribution >= 4 is 29.3 Å². The van der Waals surface area contributed by atoms with E-state index in [1.807, 2.05) is 42.1 Å². The van der Waals surface area contributed by atoms with Crippen molar-refractivity contribution in [2.24, 2.45) is 5.92 Å². The molecule has 0 aliphatic carbocycles. The van der Waals surface area contributed by atoms with Gasteiger partial charge >= 0.3 is 0 Å². The second-order valence-corrected chi connectivity index (χ2v) is 8.26. The lowest BCUT2D eigenvalue weighted by Gasteiger charge is -2.17. The Kier molecular flexibility index (Phi) is 5.81. The van der Waals surface area contributed by atoms with Crippen molar-refractivity contribution in [3.05, 3.63) is 54.2 Å². The number of nitrogens with zero attached hydrogens (tertiary/aromatic N) is 2. The van der Waals surface area contributed by atoms with Gasteiger partial charge in [-0.05, 0) is 30.4 Å². The molecule has 2 unspecified atom stereocenters. The van der Waals surface area contributed by atoms with E-state index in [2.05, 4.69) is 10.3 Å². The fourth-order valence-electron chi connectivity index (χ4n) is 3.51. The molecule has 28 heavy (non-hydrogen) atoms. The molecular weight excluding hydrogens is 374 g/mol. The number of rotatable bonds is 6. The van der Waals surface area contributed by atoms with Crippen LogP contribution in [0.25, 0.3) is 0 Å². The quantitative estimate of drug-likeness (QED) is 0.812. The fourth-order valence-corrected chi connectivity index (χ4v) is 4.60. The van der Waals surface area contributed by atoms with Crippen molar-refractivity contribution in [3.63, 3.8) is 0 Å². The number of carbonyl (C=O) groups excluding carboxylic acids is 2. The van der Waals surface area contributed by atoms with Gasteiger partial charge in [-0.2, -0.15) is 11.8 Å². The molecule has 2 saturated heterocycles. The van der Waals surface area contributed by atoms with Crippen LogP contribution < -0.4 is 15.0 Å². The zero-order chi connectivity index (χ0) is 19.3. The van der Waals surface area contributed by atoms with E-state index in [-0.39, 0.29) is 23.8 Å². The van der Waals surface area contributed by atoms with Crippen LogP contribution in [0.5, 0.6) is 5.88 Å². The summed E-state index contributed by atoms with van der Waals surface area (Å²) in [5.74, 6) is 2.59. The van der Waals surface area contributed by atoms with E-state index in [0.717, 1.165) is 23.6 Å². The molecule has 0 radical (unpaired) electrons. The van der Waals surface area contributed by atoms with Gasteiger partial charge in [0, 0.05) is 54.7 Å². The number of pyridine rings is 1. The highest BCUT2D eigenvalue weighted by molar-refractivity contribution is 7.99. The number of hydrogen-bond donors (Lipinski definition) is 1. The topological polar surface area (TPSA) is 71.5 Å². The Balaban J connectivity index is 1.31. The maximum atomic E-state index is 12.5. The molecule has 1 aromatic heterocycles. The zero-order valence-electron chi connectivity index (χ0n) is 15.5. The first kappa shape index (κ1) is 18.8. The number of para-hydroxylation sites is 1. The van der Waals surface area contributed by atoms with Crippen LogP contribution in [0.15, 0.2) is 48.7 Å². The monoisotopic (exact) mass is 397 g/mol. The summed E-state index contributed by atoms with van der Waals surface area (Å²) < 4.78 is 5.86. The Labute approximate surface area is 168 Å². The highest BCUT2D eigenvalue weighted by Crippen LogP contribution is 2.25. The molecule has 1 aromatic carbocycles. The van der Waals surface area contributed by atoms with Gasteiger partial charge in [0.25, 0.3) is 5.91 Å². The molecule has 146 valence electrons. The lowest BCUT2D eigenvalue weighted by atomic mass is 10.1. The van der Waals surface area contributed by atoms with Gasteiger partial charge in [0.1, 0.15) is 6.10 Å². The van der Waals surface area contributed by atoms with Crippen LogP contribution in [-0.4, -0.2) is 47.5 Å². The first-order chi connectivity index (χ1) is 13.7. The minimum absolute atomic E-state index is 0.0967. The molecule has 2 aromatic rings. The van der Waals surface area contributed by atoms with Gasteiger partial charge in [-0.1, -0.05) is 18.2 Å². The summed E-state index contributed by atoms with van der Waals surface area (Å²) in [5, 5.41) is 2.95. The summed E-state index contributed by atoms with van der Waals surface area (Å²) in [7, 11) is 0. The standard InChI is InChI=1S/C21H23N3O3S/c25-20-10-15(13-24(20)17-4-2-1-3-5-17)12-23-21(26)16-6-8-22-19(11-16)27-18-7-9-28-14-18/h1-6,8,11,15,18H,7,9-10,12-14H2,(H,23,26). The Bertz CT molecular complexity index is 840. The SMILES string of the molecule is O=C(NCC1CC(=O)N(c2ccccc2)C1)c1ccnc(OC2CCSC2)c1. The molecule has 3 heterocycles. The van der Waals surface area contributed by atoms with Crippen molar-refractivity contribution in [2.45, 2.75) is 18.9 Å². The van der Waals surface area contributed by atoms with Crippen LogP contribution >= 0.6 is 11.8 Å². The van der Waals surface area contributed by atoms with Gasteiger partial charge in [-0.25, -0.2) is 4.98 Å². The van der Waals surface area contributed by atoms with E-state index in [4.69, 9.17) is 4.74 Å². The fraction of sp³-hybridized carbons (Fsp3) is 0.381. The van der Waals surface area contributed by atoms with E-state index in [1.165, 1.54) is 0 Å². The highest BCUT2D eigenvalue weighted by atomic mass is 32.2. The summed E-state index contributed by atoms with van der Waals surface area (Å²) in [6.45, 7) is 1.08. The Morgan fingerprint density at radius 2 is 2.14 bits per heavy atom. The van der Waals surface area contributed by atoms with Gasteiger partial charge in [-0.3, -0.25) is 9.59 Å². The molecule has 2 fully saturated rings. The number of nitrogens with one attached hydrogen (secondary N) is 1. The number of benzene rings is 1. The first-order valence-corrected chi connectivity index (χ1v) is 10.7. The molecule has 2 amide bonds. The second-order valence-electron chi connectivity index (χ2n) is 7.11. The van der Waals surface area contributed by atoms with E-state index in [1.54, 1.807) is 23.2 Å². The summed E-state index contributed by atoms with van der Waals surface area (Å²) >= 11 is 1.87. The first-order valence-electron chi connectivity index (χ1n) is 9.53. The molecule has 4 rings (SSSR count). The summed E-state index contributed by atoms with van der Waals surface area (Å²) in [6, 6.07) is 13.0. The van der Waals surface area contributed by atoms with Crippen LogP contribution in [0.2, 0.25) is 0 Å². The number of anilines is 1. The molecule has 2 aliphatic heterocycles. The molecule has 6 nitrogen and oxygen atoms in total. The van der Waals surface area contributed by atoms with Crippen LogP contribution in [0, 0.1) is 5.92 Å². The van der Waals surface area contributed by atoms with Gasteiger partial charge in [0.2, 0.25) is 11.8 Å². The van der Waals surface area contributed by atoms with Crippen LogP contribution in [0.4, 0.5) is 5.69 Å². The van der Waals surface area contributed by atoms with Crippen molar-refractivity contribution in [1.29, 1.82) is 0 Å². The third-order valence-corrected chi connectivity index (χ3v) is 6.13. The summed E-state index contributed by atoms with van der Waals surface area (Å²) in [6.07, 6.45) is 3.22. The molecule has 0 bridgehead atoms. The molecule has 2 aliphatic rings. The normalized spacial score (nSPS) is 21.7. The van der Waals surface area contributed by atoms with E-state index in [0.29, 0.717) is 31.0 Å². The highest BCUT2D eigenvalue weighted by Gasteiger charge is 2.30. The van der Waals surface area contributed by atoms with Gasteiger partial charge < -0.3 is 15.0 Å². The van der Waals surface area contributed by atoms with E-state index < -0.39 is 0 Å². The van der Waals surface area contributed by atoms with Gasteiger partial charge in [0.05, 0.1) is 0 Å². The zero-order valence-corrected chi connectivity index (χ0v) is 16.4. The number of amides is 2. The molecular formula is C21H23N3O3S. The minimum atomic E-state index is -0.168. The number of aromatic nitrogens is 1. The third kappa shape index (κ3) is 4.47. The predicted octanol–water partition coefficient (Wildman–Crippen LogP) is 2.75. The van der Waals surface area contributed by atoms with Crippen LogP contribution in [-0.2, 0) is 4.79 Å². The van der Waals surface area contributed by atoms with Crippen LogP contribution in [0.1, 0.15) is 23.2 Å². The molecule has 1 N–H and O–H groups in total. The number of thioether (sulfide) groups is 1. The summed E-state index contributed by atoms with van der Waals surface area (Å²) in [4.78, 5) is 30.8. The number of ether oxygens (including phenoxy) is 1. The average Bonchev–Trinajstić information content (AvgIpc) is 3.36. The van der Waals surface area contributed by atoms with Crippen molar-refractivity contribution in [3.8, 4) is 5.88 Å². The largest absolute Gasteiger partial charge is 0.473 e. The molecule has 0 saturated carbocycles. The lowest BCUT2D eigenvalue weighted by molar-refractivity contribution is -0.117. The number of hydrogen-bond acceptors (Lipinski definition) is 5. The maximum absolute atomic E-state index is 12.5. The Hall–Kier alpha value is -2.54. The molecule has 7 heteroatoms. The van der Waals surface area contributed by atoms with Gasteiger partial charge in [0.15, 0.2) is 0 Å². The molecule has 2 atom stereocenters. The smallest absolute Gasteiger partial charge is 0.251 e. The van der Waals surface area contributed by atoms with E-state index in [9.17, 15) is 9.59 Å². The predicted molar refractivity (Wildman–Crippen MR) is 110 cm³/mol. The van der Waals surface area contributed by atoms with Crippen LogP contribution in [0.3, 0.4) is 0 Å². The Morgan fingerprint density at radius 3 is 2.93 bits per heavy atom. The maximum Gasteiger partial charge on any atom is 0.251 e. The van der Waals surface area contributed by atoms with Crippen molar-refractivity contribution < 1.29 is 14.3 Å². The lowest BCUT2D eigenvalue weighted by Crippen LogP contribution is -2.31. The number of carbonyl (C=O) groups is 2. The summed E-state index contributed by atoms with van der Waals surface area (Å²) in [5.41, 5.74) is 1.43. The van der Waals surface area contributed by atoms with Crippen molar-refractivity contribution in [1.82, 2.24) is 10.3 Å². The van der Waals surface area contributed by atoms with E-state index >= 15 is 0 Å². The van der Waals surface area contributed by atoms with Gasteiger partial charge in [-0.15, -0.1) is 0 Å². The average molecular weight is 398 g/mol. The Morgan fingerprint density at radius 1 is 1.29 bits per heavy atom. The minimum Gasteiger partial charge on any atom is -0.473 e. The molecule has 0 spiro atoms.